The minimum Gasteiger partial charge on any atom is -0.298 e. The molecule has 2 atom stereocenters. The molecule has 3 aromatic rings. The van der Waals surface area contributed by atoms with E-state index in [1.165, 1.54) is 62.7 Å². The number of carbonyl (C=O) groups is 1. The third-order valence-corrected chi connectivity index (χ3v) is 8.91. The Kier molecular flexibility index (Phi) is 6.61. The molecule has 1 aliphatic heterocycles. The van der Waals surface area contributed by atoms with Crippen molar-refractivity contribution >= 4 is 49.4 Å². The summed E-state index contributed by atoms with van der Waals surface area (Å²) >= 11 is 2.41. The van der Waals surface area contributed by atoms with Crippen LogP contribution >= 0.6 is 22.7 Å². The second-order valence-electron chi connectivity index (χ2n) is 8.21. The number of hydrogen-bond donors (Lipinski definition) is 1. The van der Waals surface area contributed by atoms with Gasteiger partial charge in [0.25, 0.3) is 11.6 Å². The van der Waals surface area contributed by atoms with Gasteiger partial charge < -0.3 is 0 Å². The van der Waals surface area contributed by atoms with Gasteiger partial charge in [-0.05, 0) is 42.5 Å². The summed E-state index contributed by atoms with van der Waals surface area (Å²) in [6.45, 7) is 5.09. The number of sulfonamides is 1. The normalized spacial score (nSPS) is 19.3. The molecule has 1 aliphatic rings. The lowest BCUT2D eigenvalue weighted by molar-refractivity contribution is -0.384. The smallest absolute Gasteiger partial charge is 0.280 e. The standard InChI is InChI=1S/C21H22N4O5S3/c1-13-7-14(2)10-24(9-13)33(29,30)17-5-3-15(4-6-17)20(26)23-21-22-18(12-32-21)19-8-16(11-31-19)25(27)28/h3-6,8,11-14H,7,9-10H2,1-2H3,(H,22,23,26)/t13-,14-/m1/s1. The summed E-state index contributed by atoms with van der Waals surface area (Å²) in [7, 11) is -3.62. The lowest BCUT2D eigenvalue weighted by Crippen LogP contribution is -2.42. The van der Waals surface area contributed by atoms with Crippen molar-refractivity contribution < 1.29 is 18.1 Å². The largest absolute Gasteiger partial charge is 0.298 e. The summed E-state index contributed by atoms with van der Waals surface area (Å²) < 4.78 is 27.5. The third-order valence-electron chi connectivity index (χ3n) is 5.36. The highest BCUT2D eigenvalue weighted by Gasteiger charge is 2.31. The minimum atomic E-state index is -3.62. The topological polar surface area (TPSA) is 123 Å². The molecule has 0 saturated carbocycles. The molecule has 1 aromatic carbocycles. The number of rotatable bonds is 6. The Morgan fingerprint density at radius 1 is 1.15 bits per heavy atom. The van der Waals surface area contributed by atoms with Crippen LogP contribution in [0.25, 0.3) is 10.6 Å². The first-order valence-corrected chi connectivity index (χ1v) is 13.4. The van der Waals surface area contributed by atoms with E-state index in [4.69, 9.17) is 0 Å². The van der Waals surface area contributed by atoms with Crippen molar-refractivity contribution in [1.29, 1.82) is 0 Å². The Hall–Kier alpha value is -2.67. The average Bonchev–Trinajstić information content (AvgIpc) is 3.43. The monoisotopic (exact) mass is 506 g/mol. The molecule has 1 N–H and O–H groups in total. The van der Waals surface area contributed by atoms with Gasteiger partial charge in [0.2, 0.25) is 10.0 Å². The number of thiazole rings is 1. The molecular formula is C21H22N4O5S3. The molecule has 0 aliphatic carbocycles. The van der Waals surface area contributed by atoms with Crippen LogP contribution < -0.4 is 5.32 Å². The number of hydrogen-bond acceptors (Lipinski definition) is 8. The molecule has 0 radical (unpaired) electrons. The summed E-state index contributed by atoms with van der Waals surface area (Å²) in [4.78, 5) is 28.1. The number of benzene rings is 1. The summed E-state index contributed by atoms with van der Waals surface area (Å²) in [5.74, 6) is 0.186. The molecule has 0 unspecified atom stereocenters. The predicted octanol–water partition coefficient (Wildman–Crippen LogP) is 4.70. The minimum absolute atomic E-state index is 0.00269. The second kappa shape index (κ2) is 9.29. The lowest BCUT2D eigenvalue weighted by atomic mass is 9.94. The number of anilines is 1. The summed E-state index contributed by atoms with van der Waals surface area (Å²) in [5.41, 5.74) is 0.842. The number of aromatic nitrogens is 1. The Morgan fingerprint density at radius 2 is 1.82 bits per heavy atom. The van der Waals surface area contributed by atoms with Crippen LogP contribution in [0, 0.1) is 22.0 Å². The van der Waals surface area contributed by atoms with Gasteiger partial charge in [-0.2, -0.15) is 4.31 Å². The maximum atomic E-state index is 13.0. The molecule has 1 fully saturated rings. The van der Waals surface area contributed by atoms with Gasteiger partial charge in [-0.25, -0.2) is 13.4 Å². The summed E-state index contributed by atoms with van der Waals surface area (Å²) in [6.07, 6.45) is 1.01. The van der Waals surface area contributed by atoms with Gasteiger partial charge in [-0.15, -0.1) is 22.7 Å². The van der Waals surface area contributed by atoms with Crippen LogP contribution in [-0.2, 0) is 10.0 Å². The summed E-state index contributed by atoms with van der Waals surface area (Å²) in [5, 5.41) is 17.0. The van der Waals surface area contributed by atoms with E-state index in [1.54, 1.807) is 5.38 Å². The summed E-state index contributed by atoms with van der Waals surface area (Å²) in [6, 6.07) is 7.30. The molecular weight excluding hydrogens is 484 g/mol. The van der Waals surface area contributed by atoms with E-state index in [9.17, 15) is 23.3 Å². The second-order valence-corrected chi connectivity index (χ2v) is 11.9. The number of nitro groups is 1. The number of carbonyl (C=O) groups excluding carboxylic acids is 1. The Balaban J connectivity index is 1.44. The van der Waals surface area contributed by atoms with E-state index in [0.717, 1.165) is 6.42 Å². The van der Waals surface area contributed by atoms with Crippen molar-refractivity contribution in [2.24, 2.45) is 11.8 Å². The van der Waals surface area contributed by atoms with Crippen molar-refractivity contribution in [3.8, 4) is 10.6 Å². The first-order chi connectivity index (χ1) is 15.6. The van der Waals surface area contributed by atoms with Gasteiger partial charge in [0.05, 0.1) is 25.8 Å². The van der Waals surface area contributed by atoms with E-state index in [0.29, 0.717) is 46.2 Å². The fraction of sp³-hybridized carbons (Fsp3) is 0.333. The van der Waals surface area contributed by atoms with Gasteiger partial charge in [-0.3, -0.25) is 20.2 Å². The molecule has 1 saturated heterocycles. The van der Waals surface area contributed by atoms with Gasteiger partial charge in [0, 0.05) is 30.1 Å². The van der Waals surface area contributed by atoms with Gasteiger partial charge in [-0.1, -0.05) is 13.8 Å². The Bertz CT molecular complexity index is 1270. The quantitative estimate of drug-likeness (QED) is 0.382. The predicted molar refractivity (Wildman–Crippen MR) is 128 cm³/mol. The molecule has 0 spiro atoms. The van der Waals surface area contributed by atoms with Crippen LogP contribution in [0.15, 0.2) is 46.0 Å². The van der Waals surface area contributed by atoms with Crippen LogP contribution in [0.2, 0.25) is 0 Å². The molecule has 9 nitrogen and oxygen atoms in total. The van der Waals surface area contributed by atoms with Crippen LogP contribution in [0.3, 0.4) is 0 Å². The van der Waals surface area contributed by atoms with Gasteiger partial charge in [0.1, 0.15) is 0 Å². The molecule has 1 amide bonds. The highest BCUT2D eigenvalue weighted by molar-refractivity contribution is 7.89. The number of amides is 1. The number of thiophene rings is 1. The first-order valence-electron chi connectivity index (χ1n) is 10.2. The lowest BCUT2D eigenvalue weighted by Gasteiger charge is -2.34. The van der Waals surface area contributed by atoms with Gasteiger partial charge in [0.15, 0.2) is 5.13 Å². The molecule has 12 heteroatoms. The zero-order chi connectivity index (χ0) is 23.8. The molecule has 4 rings (SSSR count). The van der Waals surface area contributed by atoms with Crippen LogP contribution in [0.5, 0.6) is 0 Å². The average molecular weight is 507 g/mol. The van der Waals surface area contributed by atoms with Crippen molar-refractivity contribution in [3.63, 3.8) is 0 Å². The van der Waals surface area contributed by atoms with Crippen molar-refractivity contribution in [1.82, 2.24) is 9.29 Å². The van der Waals surface area contributed by atoms with Crippen molar-refractivity contribution in [2.75, 3.05) is 18.4 Å². The number of nitrogens with one attached hydrogen (secondary N) is 1. The van der Waals surface area contributed by atoms with Gasteiger partial charge >= 0.3 is 0 Å². The third kappa shape index (κ3) is 5.13. The highest BCUT2D eigenvalue weighted by Crippen LogP contribution is 2.33. The zero-order valence-electron chi connectivity index (χ0n) is 17.9. The van der Waals surface area contributed by atoms with Crippen LogP contribution in [-0.4, -0.2) is 41.6 Å². The van der Waals surface area contributed by atoms with E-state index >= 15 is 0 Å². The maximum absolute atomic E-state index is 13.0. The fourth-order valence-corrected chi connectivity index (χ4v) is 7.17. The van der Waals surface area contributed by atoms with E-state index < -0.39 is 20.9 Å². The number of piperidine rings is 1. The highest BCUT2D eigenvalue weighted by atomic mass is 32.2. The van der Waals surface area contributed by atoms with Crippen molar-refractivity contribution in [3.05, 3.63) is 56.8 Å². The van der Waals surface area contributed by atoms with E-state index in [2.05, 4.69) is 24.1 Å². The zero-order valence-corrected chi connectivity index (χ0v) is 20.4. The Labute approximate surface area is 199 Å². The maximum Gasteiger partial charge on any atom is 0.280 e. The SMILES string of the molecule is C[C@@H]1C[C@@H](C)CN(S(=O)(=O)c2ccc(C(=O)Nc3nc(-c4cc([N+](=O)[O-])cs4)cs3)cc2)C1. The fourth-order valence-electron chi connectivity index (χ4n) is 3.90. The number of nitrogens with zero attached hydrogens (tertiary/aromatic N) is 3. The Morgan fingerprint density at radius 3 is 2.42 bits per heavy atom. The molecule has 0 bridgehead atoms. The van der Waals surface area contributed by atoms with E-state index in [1.807, 2.05) is 0 Å². The molecule has 2 aromatic heterocycles. The van der Waals surface area contributed by atoms with E-state index in [-0.39, 0.29) is 10.6 Å². The first kappa shape index (κ1) is 23.5. The van der Waals surface area contributed by atoms with Crippen LogP contribution in [0.1, 0.15) is 30.6 Å². The van der Waals surface area contributed by atoms with Crippen molar-refractivity contribution in [2.45, 2.75) is 25.2 Å². The molecule has 33 heavy (non-hydrogen) atoms. The van der Waals surface area contributed by atoms with Crippen LogP contribution in [0.4, 0.5) is 10.8 Å². The molecule has 174 valence electrons. The molecule has 3 heterocycles.